The standard InChI is InChI=1S/C43H43FN6O5.ClH/c1-27-35(43(53)50(31-9-11-34(51)12-10-31)32-20-29-13-14-46(2)41(29)45-24-32)22-39(47(27)3)36-21-38(44)40(54-4)23-37(36)42(52)49-25-30-8-6-5-7-28(30)19-33(49)26-48-15-17-55-18-16-48;/h5-14,20-24,33,51H,15-19,25-26H2,1-4H3;1H/t33-;/m0./s1. The van der Waals surface area contributed by atoms with Gasteiger partial charge in [0, 0.05) is 80.5 Å². The molecule has 1 fully saturated rings. The molecule has 0 aliphatic carbocycles. The molecule has 0 saturated carbocycles. The zero-order valence-corrected chi connectivity index (χ0v) is 32.6. The van der Waals surface area contributed by atoms with Crippen molar-refractivity contribution in [3.05, 3.63) is 125 Å². The van der Waals surface area contributed by atoms with Crippen LogP contribution in [0.2, 0.25) is 0 Å². The summed E-state index contributed by atoms with van der Waals surface area (Å²) >= 11 is 0. The Hall–Kier alpha value is -5.69. The number of morpholine rings is 1. The first-order valence-corrected chi connectivity index (χ1v) is 18.4. The van der Waals surface area contributed by atoms with Crippen LogP contribution in [-0.2, 0) is 31.8 Å². The molecule has 0 unspecified atom stereocenters. The number of carbonyl (C=O) groups is 2. The highest BCUT2D eigenvalue weighted by molar-refractivity contribution is 6.13. The van der Waals surface area contributed by atoms with Crippen LogP contribution in [0.15, 0.2) is 91.3 Å². The second-order valence-corrected chi connectivity index (χ2v) is 14.3. The number of fused-ring (bicyclic) bond motifs is 2. The lowest BCUT2D eigenvalue weighted by Crippen LogP contribution is -2.52. The van der Waals surface area contributed by atoms with Gasteiger partial charge in [-0.3, -0.25) is 19.4 Å². The Kier molecular flexibility index (Phi) is 10.9. The van der Waals surface area contributed by atoms with E-state index < -0.39 is 5.82 Å². The van der Waals surface area contributed by atoms with Gasteiger partial charge in [-0.15, -0.1) is 12.4 Å². The van der Waals surface area contributed by atoms with E-state index in [9.17, 15) is 14.7 Å². The highest BCUT2D eigenvalue weighted by Crippen LogP contribution is 2.37. The number of nitrogens with zero attached hydrogens (tertiary/aromatic N) is 6. The molecule has 2 amide bonds. The number of aryl methyl sites for hydroxylation is 1. The molecule has 1 saturated heterocycles. The van der Waals surface area contributed by atoms with E-state index in [1.54, 1.807) is 36.3 Å². The van der Waals surface area contributed by atoms with Crippen molar-refractivity contribution in [2.75, 3.05) is 44.9 Å². The van der Waals surface area contributed by atoms with Gasteiger partial charge in [0.15, 0.2) is 11.6 Å². The predicted molar refractivity (Wildman–Crippen MR) is 216 cm³/mol. The van der Waals surface area contributed by atoms with Crippen molar-refractivity contribution in [2.45, 2.75) is 25.9 Å². The van der Waals surface area contributed by atoms with E-state index in [1.807, 2.05) is 58.5 Å². The third kappa shape index (κ3) is 7.11. The topological polar surface area (TPSA) is 105 Å². The van der Waals surface area contributed by atoms with Gasteiger partial charge in [0.1, 0.15) is 11.4 Å². The zero-order valence-electron chi connectivity index (χ0n) is 31.7. The summed E-state index contributed by atoms with van der Waals surface area (Å²) in [6.45, 7) is 5.76. The molecule has 1 N–H and O–H groups in total. The summed E-state index contributed by atoms with van der Waals surface area (Å²) in [4.78, 5) is 40.2. The molecule has 2 aliphatic heterocycles. The first kappa shape index (κ1) is 38.6. The van der Waals surface area contributed by atoms with E-state index in [0.29, 0.717) is 66.6 Å². The van der Waals surface area contributed by atoms with E-state index in [4.69, 9.17) is 9.47 Å². The monoisotopic (exact) mass is 778 g/mol. The van der Waals surface area contributed by atoms with Crippen LogP contribution in [0.5, 0.6) is 11.5 Å². The van der Waals surface area contributed by atoms with E-state index in [2.05, 4.69) is 22.0 Å². The summed E-state index contributed by atoms with van der Waals surface area (Å²) in [6, 6.07) is 22.8. The number of phenols is 1. The molecule has 3 aromatic heterocycles. The SMILES string of the molecule is COc1cc(C(=O)N2Cc3ccccc3C[C@H]2CN2CCOCC2)c(-c2cc(C(=O)N(c3ccc(O)cc3)c3cnc4c(ccn4C)c3)c(C)n2C)cc1F.Cl. The number of anilines is 2. The molecule has 290 valence electrons. The lowest BCUT2D eigenvalue weighted by atomic mass is 9.92. The molecule has 8 rings (SSSR count). The van der Waals surface area contributed by atoms with Crippen LogP contribution in [0.1, 0.15) is 37.5 Å². The molecule has 2 aliphatic rings. The Morgan fingerprint density at radius 2 is 1.70 bits per heavy atom. The molecular formula is C43H44ClFN6O5. The van der Waals surface area contributed by atoms with Crippen LogP contribution in [0.25, 0.3) is 22.3 Å². The molecule has 6 aromatic rings. The van der Waals surface area contributed by atoms with Gasteiger partial charge in [0.2, 0.25) is 0 Å². The number of rotatable bonds is 8. The van der Waals surface area contributed by atoms with Gasteiger partial charge >= 0.3 is 0 Å². The summed E-state index contributed by atoms with van der Waals surface area (Å²) < 4.78 is 30.5. The molecule has 5 heterocycles. The Bertz CT molecular complexity index is 2420. The number of amides is 2. The number of aromatic hydroxyl groups is 1. The second kappa shape index (κ2) is 15.8. The van der Waals surface area contributed by atoms with Crippen molar-refractivity contribution in [3.8, 4) is 22.8 Å². The van der Waals surface area contributed by atoms with E-state index in [1.165, 1.54) is 36.9 Å². The number of halogens is 2. The summed E-state index contributed by atoms with van der Waals surface area (Å²) in [5, 5.41) is 10.9. The third-order valence-corrected chi connectivity index (χ3v) is 11.0. The summed E-state index contributed by atoms with van der Waals surface area (Å²) in [5.74, 6) is -1.21. The molecule has 13 heteroatoms. The fourth-order valence-electron chi connectivity index (χ4n) is 7.87. The normalized spacial score (nSPS) is 15.7. The number of aromatic nitrogens is 3. The number of pyridine rings is 1. The maximum atomic E-state index is 15.8. The van der Waals surface area contributed by atoms with Gasteiger partial charge in [-0.25, -0.2) is 9.37 Å². The summed E-state index contributed by atoms with van der Waals surface area (Å²) in [7, 11) is 5.09. The van der Waals surface area contributed by atoms with E-state index >= 15 is 4.39 Å². The molecule has 3 aromatic carbocycles. The minimum Gasteiger partial charge on any atom is -0.508 e. The van der Waals surface area contributed by atoms with Crippen molar-refractivity contribution in [1.29, 1.82) is 0 Å². The molecule has 1 atom stereocenters. The highest BCUT2D eigenvalue weighted by atomic mass is 35.5. The lowest BCUT2D eigenvalue weighted by molar-refractivity contribution is 0.0193. The first-order valence-electron chi connectivity index (χ1n) is 18.4. The Labute approximate surface area is 330 Å². The second-order valence-electron chi connectivity index (χ2n) is 14.3. The van der Waals surface area contributed by atoms with Crippen molar-refractivity contribution in [3.63, 3.8) is 0 Å². The Morgan fingerprint density at radius 1 is 0.964 bits per heavy atom. The van der Waals surface area contributed by atoms with Crippen LogP contribution >= 0.6 is 12.4 Å². The van der Waals surface area contributed by atoms with Gasteiger partial charge in [-0.2, -0.15) is 0 Å². The molecule has 0 radical (unpaired) electrons. The van der Waals surface area contributed by atoms with Crippen molar-refractivity contribution < 1.29 is 28.6 Å². The van der Waals surface area contributed by atoms with Crippen molar-refractivity contribution in [1.82, 2.24) is 23.9 Å². The number of carbonyl (C=O) groups excluding carboxylic acids is 2. The van der Waals surface area contributed by atoms with Crippen LogP contribution in [-0.4, -0.2) is 86.8 Å². The van der Waals surface area contributed by atoms with Gasteiger partial charge < -0.3 is 28.6 Å². The predicted octanol–water partition coefficient (Wildman–Crippen LogP) is 7.04. The van der Waals surface area contributed by atoms with Gasteiger partial charge in [0.05, 0.1) is 43.3 Å². The number of ether oxygens (including phenoxy) is 2. The Balaban J connectivity index is 0.00000480. The summed E-state index contributed by atoms with van der Waals surface area (Å²) in [5.41, 5.74) is 6.19. The van der Waals surface area contributed by atoms with Crippen LogP contribution < -0.4 is 9.64 Å². The van der Waals surface area contributed by atoms with Crippen LogP contribution in [0.4, 0.5) is 15.8 Å². The van der Waals surface area contributed by atoms with Crippen LogP contribution in [0, 0.1) is 12.7 Å². The average Bonchev–Trinajstić information content (AvgIpc) is 3.72. The molecule has 11 nitrogen and oxygen atoms in total. The fourth-order valence-corrected chi connectivity index (χ4v) is 7.87. The maximum Gasteiger partial charge on any atom is 0.264 e. The molecule has 0 bridgehead atoms. The largest absolute Gasteiger partial charge is 0.508 e. The number of hydrogen-bond acceptors (Lipinski definition) is 7. The third-order valence-electron chi connectivity index (χ3n) is 11.0. The lowest BCUT2D eigenvalue weighted by Gasteiger charge is -2.40. The average molecular weight is 779 g/mol. The van der Waals surface area contributed by atoms with Crippen molar-refractivity contribution in [2.24, 2.45) is 14.1 Å². The van der Waals surface area contributed by atoms with Gasteiger partial charge in [-0.05, 0) is 79.1 Å². The van der Waals surface area contributed by atoms with Crippen molar-refractivity contribution >= 4 is 46.6 Å². The molecule has 0 spiro atoms. The number of methoxy groups -OCH3 is 1. The summed E-state index contributed by atoms with van der Waals surface area (Å²) in [6.07, 6.45) is 4.24. The van der Waals surface area contributed by atoms with Crippen LogP contribution in [0.3, 0.4) is 0 Å². The fraction of sp³-hybridized carbons (Fsp3) is 0.279. The number of benzene rings is 3. The molecule has 56 heavy (non-hydrogen) atoms. The smallest absolute Gasteiger partial charge is 0.264 e. The van der Waals surface area contributed by atoms with Gasteiger partial charge in [-0.1, -0.05) is 24.3 Å². The maximum absolute atomic E-state index is 15.8. The number of hydrogen-bond donors (Lipinski definition) is 1. The quantitative estimate of drug-likeness (QED) is 0.177. The van der Waals surface area contributed by atoms with E-state index in [-0.39, 0.29) is 47.3 Å². The number of phenolic OH excluding ortho intramolecular Hbond substituents is 1. The minimum atomic E-state index is -0.623. The zero-order chi connectivity index (χ0) is 38.4. The van der Waals surface area contributed by atoms with E-state index in [0.717, 1.165) is 29.7 Å². The minimum absolute atomic E-state index is 0. The highest BCUT2D eigenvalue weighted by Gasteiger charge is 2.35. The first-order chi connectivity index (χ1) is 26.6. The van der Waals surface area contributed by atoms with Gasteiger partial charge in [0.25, 0.3) is 11.8 Å². The Morgan fingerprint density at radius 3 is 2.43 bits per heavy atom. The molecular weight excluding hydrogens is 735 g/mol.